The molecule has 0 bridgehead atoms. The summed E-state index contributed by atoms with van der Waals surface area (Å²) in [5.74, 6) is 6.57. The Labute approximate surface area is 117 Å². The largest absolute Gasteiger partial charge is 0.491 e. The van der Waals surface area contributed by atoms with Crippen molar-refractivity contribution in [1.82, 2.24) is 5.43 Å². The van der Waals surface area contributed by atoms with Gasteiger partial charge in [0.25, 0.3) is 0 Å². The van der Waals surface area contributed by atoms with Crippen LogP contribution in [0.25, 0.3) is 0 Å². The molecular weight excluding hydrogens is 236 g/mol. The van der Waals surface area contributed by atoms with Gasteiger partial charge in [0.2, 0.25) is 0 Å². The molecule has 1 aromatic rings. The minimum Gasteiger partial charge on any atom is -0.491 e. The first kappa shape index (κ1) is 16.0. The van der Waals surface area contributed by atoms with Crippen molar-refractivity contribution >= 4 is 0 Å². The molecule has 0 aliphatic carbocycles. The van der Waals surface area contributed by atoms with Crippen molar-refractivity contribution in [3.8, 4) is 5.75 Å². The highest BCUT2D eigenvalue weighted by Crippen LogP contribution is 2.22. The Morgan fingerprint density at radius 2 is 1.79 bits per heavy atom. The second-order valence-electron chi connectivity index (χ2n) is 5.30. The summed E-state index contributed by atoms with van der Waals surface area (Å²) in [6.45, 7) is 6.30. The van der Waals surface area contributed by atoms with Crippen LogP contribution in [0.15, 0.2) is 24.3 Å². The van der Waals surface area contributed by atoms with E-state index >= 15 is 0 Å². The van der Waals surface area contributed by atoms with E-state index in [9.17, 15) is 0 Å². The van der Waals surface area contributed by atoms with Crippen LogP contribution in [0.1, 0.15) is 64.5 Å². The molecule has 19 heavy (non-hydrogen) atoms. The van der Waals surface area contributed by atoms with Crippen molar-refractivity contribution < 1.29 is 4.74 Å². The van der Waals surface area contributed by atoms with Crippen molar-refractivity contribution in [1.29, 1.82) is 0 Å². The van der Waals surface area contributed by atoms with Gasteiger partial charge in [-0.15, -0.1) is 0 Å². The van der Waals surface area contributed by atoms with Gasteiger partial charge in [-0.25, -0.2) is 0 Å². The molecule has 3 heteroatoms. The number of hydrogen-bond acceptors (Lipinski definition) is 3. The van der Waals surface area contributed by atoms with Crippen LogP contribution < -0.4 is 16.0 Å². The third-order valence-electron chi connectivity index (χ3n) is 3.20. The van der Waals surface area contributed by atoms with Crippen LogP contribution in [0, 0.1) is 0 Å². The first-order chi connectivity index (χ1) is 9.17. The van der Waals surface area contributed by atoms with Gasteiger partial charge in [0.05, 0.1) is 6.10 Å². The zero-order valence-electron chi connectivity index (χ0n) is 12.5. The van der Waals surface area contributed by atoms with Gasteiger partial charge >= 0.3 is 0 Å². The molecule has 1 atom stereocenters. The predicted molar refractivity (Wildman–Crippen MR) is 81.0 cm³/mol. The second-order valence-corrected chi connectivity index (χ2v) is 5.30. The molecule has 0 aliphatic heterocycles. The van der Waals surface area contributed by atoms with Crippen LogP contribution in [-0.4, -0.2) is 6.10 Å². The summed E-state index contributed by atoms with van der Waals surface area (Å²) in [4.78, 5) is 0. The summed E-state index contributed by atoms with van der Waals surface area (Å²) in [5, 5.41) is 0. The van der Waals surface area contributed by atoms with Crippen LogP contribution >= 0.6 is 0 Å². The molecular formula is C16H28N2O. The highest BCUT2D eigenvalue weighted by molar-refractivity contribution is 5.29. The first-order valence-electron chi connectivity index (χ1n) is 7.40. The number of benzene rings is 1. The molecule has 0 aliphatic rings. The molecule has 0 heterocycles. The molecule has 0 amide bonds. The van der Waals surface area contributed by atoms with E-state index in [1.54, 1.807) is 0 Å². The lowest BCUT2D eigenvalue weighted by molar-refractivity contribution is 0.242. The third-order valence-corrected chi connectivity index (χ3v) is 3.20. The molecule has 0 spiro atoms. The van der Waals surface area contributed by atoms with E-state index in [0.717, 1.165) is 12.2 Å². The van der Waals surface area contributed by atoms with Crippen molar-refractivity contribution in [2.24, 2.45) is 5.84 Å². The van der Waals surface area contributed by atoms with Gasteiger partial charge in [-0.2, -0.15) is 0 Å². The first-order valence-corrected chi connectivity index (χ1v) is 7.40. The number of ether oxygens (including phenoxy) is 1. The number of nitrogens with two attached hydrogens (primary N) is 1. The monoisotopic (exact) mass is 264 g/mol. The maximum atomic E-state index is 5.66. The molecule has 1 rings (SSSR count). The normalized spacial score (nSPS) is 12.7. The predicted octanol–water partition coefficient (Wildman–Crippen LogP) is 3.95. The number of rotatable bonds is 9. The van der Waals surface area contributed by atoms with Gasteiger partial charge in [-0.1, -0.05) is 44.7 Å². The van der Waals surface area contributed by atoms with Gasteiger partial charge in [-0.05, 0) is 38.0 Å². The number of hydrazine groups is 1. The smallest absolute Gasteiger partial charge is 0.119 e. The molecule has 3 nitrogen and oxygen atoms in total. The average molecular weight is 264 g/mol. The highest BCUT2D eigenvalue weighted by Gasteiger charge is 2.09. The molecule has 0 saturated heterocycles. The van der Waals surface area contributed by atoms with E-state index in [-0.39, 0.29) is 12.1 Å². The molecule has 108 valence electrons. The van der Waals surface area contributed by atoms with Crippen LogP contribution in [0.3, 0.4) is 0 Å². The van der Waals surface area contributed by atoms with Gasteiger partial charge in [0.1, 0.15) is 5.75 Å². The standard InChI is InChI=1S/C16H28N2O/c1-4-5-6-7-8-16(18-17)14-9-11-15(12-10-14)19-13(2)3/h9-13,16,18H,4-8,17H2,1-3H3. The number of hydrogen-bond donors (Lipinski definition) is 2. The zero-order valence-corrected chi connectivity index (χ0v) is 12.5. The Hall–Kier alpha value is -1.06. The Morgan fingerprint density at radius 1 is 1.11 bits per heavy atom. The van der Waals surface area contributed by atoms with E-state index in [1.807, 2.05) is 26.0 Å². The Bertz CT molecular complexity index is 335. The summed E-state index contributed by atoms with van der Waals surface area (Å²) < 4.78 is 5.64. The number of unbranched alkanes of at least 4 members (excludes halogenated alkanes) is 3. The van der Waals surface area contributed by atoms with E-state index in [2.05, 4.69) is 24.5 Å². The minimum atomic E-state index is 0.211. The lowest BCUT2D eigenvalue weighted by Crippen LogP contribution is -2.27. The third kappa shape index (κ3) is 6.08. The summed E-state index contributed by atoms with van der Waals surface area (Å²) in [6.07, 6.45) is 6.36. The Kier molecular flexibility index (Phi) is 7.53. The van der Waals surface area contributed by atoms with E-state index < -0.39 is 0 Å². The summed E-state index contributed by atoms with van der Waals surface area (Å²) >= 11 is 0. The lowest BCUT2D eigenvalue weighted by atomic mass is 10.0. The maximum absolute atomic E-state index is 5.66. The summed E-state index contributed by atoms with van der Waals surface area (Å²) in [6, 6.07) is 8.48. The van der Waals surface area contributed by atoms with Gasteiger partial charge in [-0.3, -0.25) is 11.3 Å². The summed E-state index contributed by atoms with van der Waals surface area (Å²) in [7, 11) is 0. The highest BCUT2D eigenvalue weighted by atomic mass is 16.5. The quantitative estimate of drug-likeness (QED) is 0.403. The molecule has 0 saturated carbocycles. The van der Waals surface area contributed by atoms with Crippen molar-refractivity contribution in [3.05, 3.63) is 29.8 Å². The molecule has 0 fully saturated rings. The average Bonchev–Trinajstić information content (AvgIpc) is 2.40. The Balaban J connectivity index is 2.51. The van der Waals surface area contributed by atoms with Gasteiger partial charge < -0.3 is 4.74 Å². The second kappa shape index (κ2) is 8.94. The SMILES string of the molecule is CCCCCCC(NN)c1ccc(OC(C)C)cc1. The van der Waals surface area contributed by atoms with E-state index in [4.69, 9.17) is 10.6 Å². The van der Waals surface area contributed by atoms with Crippen LogP contribution in [0.4, 0.5) is 0 Å². The topological polar surface area (TPSA) is 47.3 Å². The maximum Gasteiger partial charge on any atom is 0.119 e. The van der Waals surface area contributed by atoms with Crippen molar-refractivity contribution in [2.45, 2.75) is 65.0 Å². The van der Waals surface area contributed by atoms with Crippen molar-refractivity contribution in [3.63, 3.8) is 0 Å². The van der Waals surface area contributed by atoms with E-state index in [1.165, 1.54) is 31.2 Å². The zero-order chi connectivity index (χ0) is 14.1. The molecule has 0 radical (unpaired) electrons. The van der Waals surface area contributed by atoms with Gasteiger partial charge in [0, 0.05) is 6.04 Å². The minimum absolute atomic E-state index is 0.211. The van der Waals surface area contributed by atoms with Crippen LogP contribution in [0.2, 0.25) is 0 Å². The van der Waals surface area contributed by atoms with Crippen molar-refractivity contribution in [2.75, 3.05) is 0 Å². The Morgan fingerprint density at radius 3 is 2.32 bits per heavy atom. The van der Waals surface area contributed by atoms with E-state index in [0.29, 0.717) is 0 Å². The molecule has 1 unspecified atom stereocenters. The molecule has 1 aromatic carbocycles. The number of nitrogens with one attached hydrogen (secondary N) is 1. The van der Waals surface area contributed by atoms with Crippen LogP contribution in [-0.2, 0) is 0 Å². The van der Waals surface area contributed by atoms with Crippen LogP contribution in [0.5, 0.6) is 5.75 Å². The molecule has 3 N–H and O–H groups in total. The molecule has 0 aromatic heterocycles. The fraction of sp³-hybridized carbons (Fsp3) is 0.625. The fourth-order valence-electron chi connectivity index (χ4n) is 2.17. The summed E-state index contributed by atoms with van der Waals surface area (Å²) in [5.41, 5.74) is 4.15. The van der Waals surface area contributed by atoms with Gasteiger partial charge in [0.15, 0.2) is 0 Å². The lowest BCUT2D eigenvalue weighted by Gasteiger charge is -2.17. The fourth-order valence-corrected chi connectivity index (χ4v) is 2.17.